The minimum atomic E-state index is -2.40. The highest BCUT2D eigenvalue weighted by Crippen LogP contribution is 2.52. The fourth-order valence-electron chi connectivity index (χ4n) is 6.94. The van der Waals surface area contributed by atoms with E-state index in [0.717, 1.165) is 32.9 Å². The van der Waals surface area contributed by atoms with E-state index in [1.165, 1.54) is 33.4 Å². The van der Waals surface area contributed by atoms with Crippen molar-refractivity contribution in [3.8, 4) is 11.1 Å². The summed E-state index contributed by atoms with van der Waals surface area (Å²) in [6.07, 6.45) is 6.96. The first-order chi connectivity index (χ1) is 22.1. The Kier molecular flexibility index (Phi) is 7.84. The Morgan fingerprint density at radius 2 is 1.09 bits per heavy atom. The van der Waals surface area contributed by atoms with Gasteiger partial charge in [0.2, 0.25) is 0 Å². The molecule has 228 valence electrons. The summed E-state index contributed by atoms with van der Waals surface area (Å²) in [6, 6.07) is 44.8. The number of benzene rings is 5. The molecule has 5 aromatic rings. The Bertz CT molecular complexity index is 2140. The summed E-state index contributed by atoms with van der Waals surface area (Å²) in [5, 5.41) is 1.80. The molecule has 0 saturated carbocycles. The first-order valence-corrected chi connectivity index (χ1v) is 21.0. The second kappa shape index (κ2) is 11.9. The maximum atomic E-state index is 13.0. The van der Waals surface area contributed by atoms with Crippen LogP contribution in [0, 0.1) is 5.92 Å². The molecule has 2 aliphatic rings. The van der Waals surface area contributed by atoms with E-state index in [-0.39, 0.29) is 11.8 Å². The standard InChI is InChI=1S/C42H38O2P2/c1-45(2,43)35-19-11-17-31(25-35)33-21-23-37-39(27-33)41(29-13-7-5-8-14-29)38-24-22-34(32-18-12-20-36(26-32)46(3,4)44)28-40(38)42(37)30-15-9-6-10-16-30/h5-28,39,41H,1-4H3. The monoisotopic (exact) mass is 636 g/mol. The molecule has 0 spiro atoms. The molecule has 2 unspecified atom stereocenters. The van der Waals surface area contributed by atoms with Gasteiger partial charge in [0.05, 0.1) is 0 Å². The minimum Gasteiger partial charge on any atom is -0.319 e. The predicted octanol–water partition coefficient (Wildman–Crippen LogP) is 10.1. The Morgan fingerprint density at radius 3 is 1.74 bits per heavy atom. The molecule has 7 rings (SSSR count). The van der Waals surface area contributed by atoms with Crippen LogP contribution in [0.4, 0.5) is 0 Å². The molecule has 4 heteroatoms. The van der Waals surface area contributed by atoms with Crippen LogP contribution in [-0.2, 0) is 9.13 Å². The van der Waals surface area contributed by atoms with E-state index in [1.807, 2.05) is 50.9 Å². The van der Waals surface area contributed by atoms with E-state index in [9.17, 15) is 9.13 Å². The lowest BCUT2D eigenvalue weighted by atomic mass is 9.65. The molecule has 5 aromatic carbocycles. The lowest BCUT2D eigenvalue weighted by molar-refractivity contribution is 0.587. The second-order valence-electron chi connectivity index (χ2n) is 13.2. The molecule has 0 radical (unpaired) electrons. The lowest BCUT2D eigenvalue weighted by Crippen LogP contribution is -2.23. The van der Waals surface area contributed by atoms with Crippen LogP contribution in [0.5, 0.6) is 0 Å². The maximum Gasteiger partial charge on any atom is 0.109 e. The van der Waals surface area contributed by atoms with Gasteiger partial charge in [-0.05, 0) is 101 Å². The Balaban J connectivity index is 1.46. The van der Waals surface area contributed by atoms with Gasteiger partial charge in [-0.15, -0.1) is 0 Å². The summed E-state index contributed by atoms with van der Waals surface area (Å²) in [6.45, 7) is 7.33. The summed E-state index contributed by atoms with van der Waals surface area (Å²) in [5.41, 5.74) is 12.0. The zero-order chi connectivity index (χ0) is 32.1. The van der Waals surface area contributed by atoms with Gasteiger partial charge in [0.1, 0.15) is 14.3 Å². The molecule has 0 bridgehead atoms. The van der Waals surface area contributed by atoms with Crippen LogP contribution in [0.3, 0.4) is 0 Å². The third-order valence-electron chi connectivity index (χ3n) is 9.29. The molecule has 46 heavy (non-hydrogen) atoms. The molecule has 2 atom stereocenters. The molecule has 0 aliphatic heterocycles. The zero-order valence-corrected chi connectivity index (χ0v) is 28.5. The highest BCUT2D eigenvalue weighted by molar-refractivity contribution is 7.70. The molecule has 2 aliphatic carbocycles. The predicted molar refractivity (Wildman–Crippen MR) is 198 cm³/mol. The molecule has 0 amide bonds. The average molecular weight is 637 g/mol. The number of rotatable bonds is 6. The van der Waals surface area contributed by atoms with Gasteiger partial charge in [-0.1, -0.05) is 127 Å². The van der Waals surface area contributed by atoms with Crippen LogP contribution >= 0.6 is 14.3 Å². The van der Waals surface area contributed by atoms with Gasteiger partial charge < -0.3 is 9.13 Å². The van der Waals surface area contributed by atoms with Gasteiger partial charge in [-0.25, -0.2) is 0 Å². The van der Waals surface area contributed by atoms with Crippen molar-refractivity contribution in [3.05, 3.63) is 179 Å². The van der Waals surface area contributed by atoms with E-state index >= 15 is 0 Å². The Hall–Kier alpha value is -4.22. The SMILES string of the molecule is CP(C)(=O)c1cccc(C2=CC3C(=C(c4ccccc4)c4cc(-c5cccc(P(C)(C)=O)c5)ccc4C3c3ccccc3)C=C2)c1. The van der Waals surface area contributed by atoms with Gasteiger partial charge in [0.25, 0.3) is 0 Å². The van der Waals surface area contributed by atoms with Crippen molar-refractivity contribution in [2.75, 3.05) is 26.7 Å². The smallest absolute Gasteiger partial charge is 0.109 e. The van der Waals surface area contributed by atoms with Crippen LogP contribution in [-0.4, -0.2) is 26.7 Å². The van der Waals surface area contributed by atoms with Crippen molar-refractivity contribution in [3.63, 3.8) is 0 Å². The van der Waals surface area contributed by atoms with Crippen LogP contribution < -0.4 is 10.6 Å². The summed E-state index contributed by atoms with van der Waals surface area (Å²) >= 11 is 0. The Labute approximate surface area is 273 Å². The third-order valence-corrected chi connectivity index (χ3v) is 12.3. The van der Waals surface area contributed by atoms with E-state index in [2.05, 4.69) is 121 Å². The van der Waals surface area contributed by atoms with Gasteiger partial charge in [-0.3, -0.25) is 0 Å². The number of hydrogen-bond acceptors (Lipinski definition) is 2. The van der Waals surface area contributed by atoms with Crippen molar-refractivity contribution in [2.24, 2.45) is 5.92 Å². The normalized spacial score (nSPS) is 17.7. The van der Waals surface area contributed by atoms with E-state index in [1.54, 1.807) is 0 Å². The summed E-state index contributed by atoms with van der Waals surface area (Å²) in [4.78, 5) is 0. The number of allylic oxidation sites excluding steroid dienone is 5. The topological polar surface area (TPSA) is 34.1 Å². The molecular formula is C42H38O2P2. The fraction of sp³-hybridized carbons (Fsp3) is 0.143. The highest BCUT2D eigenvalue weighted by atomic mass is 31.2. The van der Waals surface area contributed by atoms with Gasteiger partial charge >= 0.3 is 0 Å². The first kappa shape index (κ1) is 30.4. The maximum absolute atomic E-state index is 13.0. The molecule has 0 saturated heterocycles. The van der Waals surface area contributed by atoms with Crippen molar-refractivity contribution >= 4 is 36.0 Å². The van der Waals surface area contributed by atoms with Crippen molar-refractivity contribution in [1.82, 2.24) is 0 Å². The van der Waals surface area contributed by atoms with Gasteiger partial charge in [0.15, 0.2) is 0 Å². The van der Waals surface area contributed by atoms with Crippen molar-refractivity contribution in [1.29, 1.82) is 0 Å². The van der Waals surface area contributed by atoms with Crippen LogP contribution in [0.25, 0.3) is 22.3 Å². The fourth-order valence-corrected chi connectivity index (χ4v) is 8.73. The molecule has 0 N–H and O–H groups in total. The van der Waals surface area contributed by atoms with Crippen LogP contribution in [0.1, 0.15) is 33.7 Å². The molecule has 0 fully saturated rings. The summed E-state index contributed by atoms with van der Waals surface area (Å²) in [5.74, 6) is 0.209. The van der Waals surface area contributed by atoms with E-state index in [4.69, 9.17) is 0 Å². The quantitative estimate of drug-likeness (QED) is 0.174. The van der Waals surface area contributed by atoms with Crippen molar-refractivity contribution < 1.29 is 9.13 Å². The van der Waals surface area contributed by atoms with Crippen molar-refractivity contribution in [2.45, 2.75) is 5.92 Å². The minimum absolute atomic E-state index is 0.101. The first-order valence-electron chi connectivity index (χ1n) is 15.8. The lowest BCUT2D eigenvalue weighted by Gasteiger charge is -2.38. The van der Waals surface area contributed by atoms with Crippen LogP contribution in [0.2, 0.25) is 0 Å². The highest BCUT2D eigenvalue weighted by Gasteiger charge is 2.36. The largest absolute Gasteiger partial charge is 0.319 e. The summed E-state index contributed by atoms with van der Waals surface area (Å²) < 4.78 is 26.0. The Morgan fingerprint density at radius 1 is 0.522 bits per heavy atom. The number of fused-ring (bicyclic) bond motifs is 2. The second-order valence-corrected chi connectivity index (χ2v) is 19.6. The average Bonchev–Trinajstić information content (AvgIpc) is 3.07. The van der Waals surface area contributed by atoms with E-state index in [0.29, 0.717) is 0 Å². The summed E-state index contributed by atoms with van der Waals surface area (Å²) in [7, 11) is -4.80. The van der Waals surface area contributed by atoms with Gasteiger partial charge in [-0.2, -0.15) is 0 Å². The zero-order valence-electron chi connectivity index (χ0n) is 26.7. The molecular weight excluding hydrogens is 598 g/mol. The molecule has 0 heterocycles. The molecule has 2 nitrogen and oxygen atoms in total. The third kappa shape index (κ3) is 5.78. The number of hydrogen-bond donors (Lipinski definition) is 0. The van der Waals surface area contributed by atoms with E-state index < -0.39 is 14.3 Å². The van der Waals surface area contributed by atoms with Crippen LogP contribution in [0.15, 0.2) is 151 Å². The van der Waals surface area contributed by atoms with Gasteiger partial charge in [0, 0.05) is 22.4 Å². The molecule has 0 aromatic heterocycles.